The Bertz CT molecular complexity index is 525. The van der Waals surface area contributed by atoms with Crippen molar-refractivity contribution in [3.63, 3.8) is 0 Å². The van der Waals surface area contributed by atoms with E-state index in [1.807, 2.05) is 0 Å². The van der Waals surface area contributed by atoms with Crippen LogP contribution in [0.1, 0.15) is 25.7 Å². The second-order valence-corrected chi connectivity index (χ2v) is 6.11. The topological polar surface area (TPSA) is 59.0 Å². The van der Waals surface area contributed by atoms with Crippen LogP contribution in [0.3, 0.4) is 0 Å². The van der Waals surface area contributed by atoms with Crippen molar-refractivity contribution in [2.75, 3.05) is 33.4 Å². The fraction of sp³-hybridized carbons (Fsp3) is 0.611. The van der Waals surface area contributed by atoms with E-state index in [-0.39, 0.29) is 24.2 Å². The number of carbonyl (C=O) groups excluding carboxylic acids is 1. The zero-order valence-electron chi connectivity index (χ0n) is 14.1. The highest BCUT2D eigenvalue weighted by molar-refractivity contribution is 5.79. The number of carbonyl (C=O) groups is 1. The van der Waals surface area contributed by atoms with Gasteiger partial charge in [0.05, 0.1) is 19.3 Å². The van der Waals surface area contributed by atoms with Gasteiger partial charge in [-0.1, -0.05) is 18.6 Å². The first-order valence-electron chi connectivity index (χ1n) is 8.45. The summed E-state index contributed by atoms with van der Waals surface area (Å²) in [5, 5.41) is 9.78. The third-order valence-corrected chi connectivity index (χ3v) is 4.33. The molecule has 1 aromatic carbocycles. The SMILES string of the molecule is COCCN(CCOc1ccccc1F)C(=O)[C@H]1CCC[C@H](O)C1. The maximum atomic E-state index is 13.6. The van der Waals surface area contributed by atoms with E-state index in [4.69, 9.17) is 9.47 Å². The first-order valence-corrected chi connectivity index (χ1v) is 8.45. The Balaban J connectivity index is 1.89. The van der Waals surface area contributed by atoms with E-state index in [9.17, 15) is 14.3 Å². The van der Waals surface area contributed by atoms with Gasteiger partial charge in [-0.3, -0.25) is 4.79 Å². The zero-order valence-corrected chi connectivity index (χ0v) is 14.1. The Labute approximate surface area is 142 Å². The Morgan fingerprint density at radius 2 is 2.04 bits per heavy atom. The number of amides is 1. The van der Waals surface area contributed by atoms with Crippen LogP contribution >= 0.6 is 0 Å². The molecular weight excluding hydrogens is 313 g/mol. The monoisotopic (exact) mass is 339 g/mol. The molecule has 134 valence electrons. The van der Waals surface area contributed by atoms with Crippen molar-refractivity contribution in [2.45, 2.75) is 31.8 Å². The van der Waals surface area contributed by atoms with Gasteiger partial charge < -0.3 is 19.5 Å². The Morgan fingerprint density at radius 1 is 1.29 bits per heavy atom. The highest BCUT2D eigenvalue weighted by atomic mass is 19.1. The number of hydrogen-bond acceptors (Lipinski definition) is 4. The van der Waals surface area contributed by atoms with Crippen molar-refractivity contribution < 1.29 is 23.8 Å². The standard InChI is InChI=1S/C18H26FNO4/c1-23-11-9-20(18(22)14-5-4-6-15(21)13-14)10-12-24-17-8-3-2-7-16(17)19/h2-3,7-8,14-15,21H,4-6,9-13H2,1H3/t14-,15-/m0/s1. The number of para-hydroxylation sites is 1. The molecule has 0 saturated heterocycles. The second-order valence-electron chi connectivity index (χ2n) is 6.11. The molecule has 0 aliphatic heterocycles. The van der Waals surface area contributed by atoms with Gasteiger partial charge in [0.25, 0.3) is 0 Å². The lowest BCUT2D eigenvalue weighted by atomic mass is 9.86. The fourth-order valence-electron chi connectivity index (χ4n) is 3.01. The minimum Gasteiger partial charge on any atom is -0.489 e. The summed E-state index contributed by atoms with van der Waals surface area (Å²) < 4.78 is 24.1. The lowest BCUT2D eigenvalue weighted by molar-refractivity contribution is -0.139. The average Bonchev–Trinajstić information content (AvgIpc) is 2.59. The number of methoxy groups -OCH3 is 1. The first kappa shape index (κ1) is 18.7. The van der Waals surface area contributed by atoms with Crippen molar-refractivity contribution >= 4 is 5.91 Å². The Morgan fingerprint density at radius 3 is 2.75 bits per heavy atom. The zero-order chi connectivity index (χ0) is 17.4. The van der Waals surface area contributed by atoms with Gasteiger partial charge in [-0.25, -0.2) is 4.39 Å². The summed E-state index contributed by atoms with van der Waals surface area (Å²) in [5.41, 5.74) is 0. The van der Waals surface area contributed by atoms with Crippen LogP contribution in [-0.2, 0) is 9.53 Å². The van der Waals surface area contributed by atoms with Crippen molar-refractivity contribution in [1.82, 2.24) is 4.90 Å². The molecule has 1 N–H and O–H groups in total. The third kappa shape index (κ3) is 5.46. The van der Waals surface area contributed by atoms with Crippen LogP contribution in [0.15, 0.2) is 24.3 Å². The summed E-state index contributed by atoms with van der Waals surface area (Å²) in [4.78, 5) is 14.4. The highest BCUT2D eigenvalue weighted by Crippen LogP contribution is 2.26. The van der Waals surface area contributed by atoms with Gasteiger partial charge in [0, 0.05) is 19.6 Å². The van der Waals surface area contributed by atoms with Gasteiger partial charge in [-0.05, 0) is 31.4 Å². The smallest absolute Gasteiger partial charge is 0.225 e. The van der Waals surface area contributed by atoms with E-state index >= 15 is 0 Å². The number of halogens is 1. The summed E-state index contributed by atoms with van der Waals surface area (Å²) in [7, 11) is 1.59. The van der Waals surface area contributed by atoms with Gasteiger partial charge in [-0.2, -0.15) is 0 Å². The molecule has 6 heteroatoms. The molecule has 0 aromatic heterocycles. The van der Waals surface area contributed by atoms with Crippen LogP contribution in [0, 0.1) is 11.7 Å². The van der Waals surface area contributed by atoms with Gasteiger partial charge in [-0.15, -0.1) is 0 Å². The van der Waals surface area contributed by atoms with Gasteiger partial charge >= 0.3 is 0 Å². The number of aliphatic hydroxyl groups is 1. The number of rotatable bonds is 8. The minimum atomic E-state index is -0.414. The molecule has 1 saturated carbocycles. The third-order valence-electron chi connectivity index (χ3n) is 4.33. The fourth-order valence-corrected chi connectivity index (χ4v) is 3.01. The molecule has 1 aromatic rings. The van der Waals surface area contributed by atoms with E-state index in [2.05, 4.69) is 0 Å². The molecule has 0 radical (unpaired) electrons. The number of nitrogens with zero attached hydrogens (tertiary/aromatic N) is 1. The maximum Gasteiger partial charge on any atom is 0.225 e. The largest absolute Gasteiger partial charge is 0.489 e. The van der Waals surface area contributed by atoms with Gasteiger partial charge in [0.1, 0.15) is 6.61 Å². The molecule has 0 heterocycles. The molecular formula is C18H26FNO4. The molecule has 1 aliphatic rings. The first-order chi connectivity index (χ1) is 11.6. The Kier molecular flexibility index (Phi) is 7.46. The molecule has 0 unspecified atom stereocenters. The van der Waals surface area contributed by atoms with Crippen LogP contribution in [-0.4, -0.2) is 55.4 Å². The van der Waals surface area contributed by atoms with Crippen molar-refractivity contribution in [3.8, 4) is 5.75 Å². The quantitative estimate of drug-likeness (QED) is 0.789. The van der Waals surface area contributed by atoms with Gasteiger partial charge in [0.2, 0.25) is 5.91 Å². The lowest BCUT2D eigenvalue weighted by Gasteiger charge is -2.31. The number of hydrogen-bond donors (Lipinski definition) is 1. The molecule has 1 amide bonds. The van der Waals surface area contributed by atoms with E-state index < -0.39 is 11.9 Å². The maximum absolute atomic E-state index is 13.6. The summed E-state index contributed by atoms with van der Waals surface area (Å²) in [6.07, 6.45) is 2.54. The summed E-state index contributed by atoms with van der Waals surface area (Å²) >= 11 is 0. The molecule has 0 bridgehead atoms. The predicted molar refractivity (Wildman–Crippen MR) is 88.3 cm³/mol. The number of benzene rings is 1. The molecule has 5 nitrogen and oxygen atoms in total. The van der Waals surface area contributed by atoms with E-state index in [0.29, 0.717) is 26.1 Å². The molecule has 24 heavy (non-hydrogen) atoms. The van der Waals surface area contributed by atoms with Crippen LogP contribution in [0.5, 0.6) is 5.75 Å². The van der Waals surface area contributed by atoms with E-state index in [0.717, 1.165) is 19.3 Å². The number of ether oxygens (including phenoxy) is 2. The Hall–Kier alpha value is -1.66. The van der Waals surface area contributed by atoms with Crippen molar-refractivity contribution in [3.05, 3.63) is 30.1 Å². The normalized spacial score (nSPS) is 20.6. The van der Waals surface area contributed by atoms with Crippen molar-refractivity contribution in [2.24, 2.45) is 5.92 Å². The van der Waals surface area contributed by atoms with Crippen LogP contribution in [0.4, 0.5) is 4.39 Å². The summed E-state index contributed by atoms with van der Waals surface area (Å²) in [5.74, 6) is -0.366. The predicted octanol–water partition coefficient (Wildman–Crippen LogP) is 2.23. The summed E-state index contributed by atoms with van der Waals surface area (Å²) in [6.45, 7) is 1.47. The summed E-state index contributed by atoms with van der Waals surface area (Å²) in [6, 6.07) is 6.21. The highest BCUT2D eigenvalue weighted by Gasteiger charge is 2.29. The van der Waals surface area contributed by atoms with Crippen LogP contribution < -0.4 is 4.74 Å². The molecule has 2 atom stereocenters. The second kappa shape index (κ2) is 9.59. The van der Waals surface area contributed by atoms with Crippen molar-refractivity contribution in [1.29, 1.82) is 0 Å². The molecule has 0 spiro atoms. The van der Waals surface area contributed by atoms with E-state index in [1.54, 1.807) is 30.2 Å². The van der Waals surface area contributed by atoms with Crippen LogP contribution in [0.25, 0.3) is 0 Å². The van der Waals surface area contributed by atoms with Gasteiger partial charge in [0.15, 0.2) is 11.6 Å². The number of aliphatic hydroxyl groups excluding tert-OH is 1. The lowest BCUT2D eigenvalue weighted by Crippen LogP contribution is -2.42. The molecule has 1 aliphatic carbocycles. The van der Waals surface area contributed by atoms with Crippen LogP contribution in [0.2, 0.25) is 0 Å². The minimum absolute atomic E-state index is 0.0166. The van der Waals surface area contributed by atoms with E-state index in [1.165, 1.54) is 6.07 Å². The average molecular weight is 339 g/mol. The molecule has 1 fully saturated rings. The molecule has 2 rings (SSSR count).